The third kappa shape index (κ3) is 3.66. The Morgan fingerprint density at radius 1 is 1.09 bits per heavy atom. The van der Waals surface area contributed by atoms with Gasteiger partial charge in [0.1, 0.15) is 0 Å². The number of carbonyl (C=O) groups is 1. The highest BCUT2D eigenvalue weighted by Gasteiger charge is 2.35. The van der Waals surface area contributed by atoms with Crippen LogP contribution < -0.4 is 9.47 Å². The van der Waals surface area contributed by atoms with Gasteiger partial charge in [-0.2, -0.15) is 0 Å². The number of hydrogen-bond acceptors (Lipinski definition) is 4. The molecule has 3 heterocycles. The van der Waals surface area contributed by atoms with E-state index >= 15 is 0 Å². The van der Waals surface area contributed by atoms with Gasteiger partial charge < -0.3 is 29.0 Å². The Hall–Kier alpha value is -3.19. The van der Waals surface area contributed by atoms with Gasteiger partial charge in [0.25, 0.3) is 0 Å². The lowest BCUT2D eigenvalue weighted by molar-refractivity contribution is 0.0381. The normalized spacial score (nSPS) is 18.5. The van der Waals surface area contributed by atoms with Crippen LogP contribution in [0.1, 0.15) is 22.7 Å². The summed E-state index contributed by atoms with van der Waals surface area (Å²) < 4.78 is 16.6. The second kappa shape index (κ2) is 8.74. The molecule has 2 aliphatic heterocycles. The maximum absolute atomic E-state index is 13.6. The van der Waals surface area contributed by atoms with Crippen molar-refractivity contribution in [3.05, 3.63) is 59.3 Å². The van der Waals surface area contributed by atoms with E-state index in [1.807, 2.05) is 21.9 Å². The van der Waals surface area contributed by atoms with Gasteiger partial charge in [0.05, 0.1) is 33.5 Å². The van der Waals surface area contributed by atoms with E-state index < -0.39 is 0 Å². The first kappa shape index (κ1) is 20.7. The molecule has 2 aromatic carbocycles. The van der Waals surface area contributed by atoms with Crippen molar-refractivity contribution in [3.63, 3.8) is 0 Å². The second-order valence-corrected chi connectivity index (χ2v) is 8.31. The summed E-state index contributed by atoms with van der Waals surface area (Å²) in [5, 5.41) is 1.19. The first-order chi connectivity index (χ1) is 15.7. The molecule has 0 radical (unpaired) electrons. The lowest BCUT2D eigenvalue weighted by atomic mass is 9.88. The third-order valence-corrected chi connectivity index (χ3v) is 6.62. The van der Waals surface area contributed by atoms with Crippen molar-refractivity contribution < 1.29 is 19.0 Å². The highest BCUT2D eigenvalue weighted by molar-refractivity contribution is 5.83. The fourth-order valence-corrected chi connectivity index (χ4v) is 4.92. The fourth-order valence-electron chi connectivity index (χ4n) is 4.92. The molecule has 7 heteroatoms. The lowest BCUT2D eigenvalue weighted by Gasteiger charge is -2.41. The fraction of sp³-hybridized carbons (Fsp3) is 0.400. The lowest BCUT2D eigenvalue weighted by Crippen LogP contribution is -2.51. The molecule has 3 aromatic rings. The summed E-state index contributed by atoms with van der Waals surface area (Å²) in [5.74, 6) is 1.42. The van der Waals surface area contributed by atoms with E-state index in [4.69, 9.17) is 14.2 Å². The summed E-state index contributed by atoms with van der Waals surface area (Å²) in [6.07, 6.45) is 3.58. The number of benzene rings is 2. The number of urea groups is 1. The van der Waals surface area contributed by atoms with Gasteiger partial charge in [0.15, 0.2) is 11.5 Å². The molecule has 0 saturated carbocycles. The molecule has 1 atom stereocenters. The Bertz CT molecular complexity index is 1120. The molecule has 1 saturated heterocycles. The molecule has 0 spiro atoms. The summed E-state index contributed by atoms with van der Waals surface area (Å²) in [5.41, 5.74) is 4.64. The van der Waals surface area contributed by atoms with E-state index in [1.54, 1.807) is 14.2 Å². The number of rotatable bonds is 4. The van der Waals surface area contributed by atoms with Crippen LogP contribution in [0, 0.1) is 0 Å². The number of ether oxygens (including phenoxy) is 3. The number of carbonyl (C=O) groups excluding carboxylic acids is 1. The monoisotopic (exact) mass is 435 g/mol. The van der Waals surface area contributed by atoms with Crippen LogP contribution in [0.4, 0.5) is 4.79 Å². The molecule has 1 fully saturated rings. The Morgan fingerprint density at radius 2 is 1.84 bits per heavy atom. The summed E-state index contributed by atoms with van der Waals surface area (Å²) in [6, 6.07) is 12.4. The van der Waals surface area contributed by atoms with Gasteiger partial charge in [-0.3, -0.25) is 0 Å². The molecule has 0 unspecified atom stereocenters. The van der Waals surface area contributed by atoms with Crippen molar-refractivity contribution >= 4 is 16.9 Å². The molecule has 2 aliphatic rings. The Morgan fingerprint density at radius 3 is 2.62 bits per heavy atom. The quantitative estimate of drug-likeness (QED) is 0.677. The minimum atomic E-state index is -0.0897. The van der Waals surface area contributed by atoms with Crippen LogP contribution in [0.2, 0.25) is 0 Å². The molecule has 32 heavy (non-hydrogen) atoms. The van der Waals surface area contributed by atoms with Crippen LogP contribution in [0.3, 0.4) is 0 Å². The van der Waals surface area contributed by atoms with Crippen LogP contribution in [-0.4, -0.2) is 67.9 Å². The SMILES string of the molecule is COc1cc2c(cc1OC)[C@H](Cc1c[nH]c3ccccc13)N(C(=O)N1CCOCC1)CC2. The molecule has 0 bridgehead atoms. The largest absolute Gasteiger partial charge is 0.493 e. The van der Waals surface area contributed by atoms with Crippen LogP contribution in [-0.2, 0) is 17.6 Å². The van der Waals surface area contributed by atoms with Gasteiger partial charge in [-0.05, 0) is 47.7 Å². The molecule has 1 N–H and O–H groups in total. The van der Waals surface area contributed by atoms with E-state index in [0.717, 1.165) is 29.7 Å². The molecular formula is C25H29N3O4. The molecule has 5 rings (SSSR count). The third-order valence-electron chi connectivity index (χ3n) is 6.62. The number of H-pyrrole nitrogens is 1. The van der Waals surface area contributed by atoms with Crippen molar-refractivity contribution in [1.82, 2.24) is 14.8 Å². The maximum atomic E-state index is 13.6. The number of aromatic amines is 1. The van der Waals surface area contributed by atoms with Crippen molar-refractivity contribution in [2.45, 2.75) is 18.9 Å². The first-order valence-electron chi connectivity index (χ1n) is 11.1. The smallest absolute Gasteiger partial charge is 0.320 e. The van der Waals surface area contributed by atoms with E-state index in [9.17, 15) is 4.79 Å². The average Bonchev–Trinajstić information content (AvgIpc) is 3.26. The highest BCUT2D eigenvalue weighted by atomic mass is 16.5. The zero-order valence-corrected chi connectivity index (χ0v) is 18.6. The van der Waals surface area contributed by atoms with Gasteiger partial charge in [-0.25, -0.2) is 4.79 Å². The number of aromatic nitrogens is 1. The molecule has 0 aliphatic carbocycles. The topological polar surface area (TPSA) is 67.0 Å². The summed E-state index contributed by atoms with van der Waals surface area (Å²) in [6.45, 7) is 3.12. The molecule has 1 aromatic heterocycles. The predicted molar refractivity (Wildman–Crippen MR) is 122 cm³/mol. The first-order valence-corrected chi connectivity index (χ1v) is 11.1. The van der Waals surface area contributed by atoms with Crippen LogP contribution in [0.5, 0.6) is 11.5 Å². The number of fused-ring (bicyclic) bond motifs is 2. The predicted octanol–water partition coefficient (Wildman–Crippen LogP) is 3.78. The Labute approximate surface area is 187 Å². The number of para-hydroxylation sites is 1. The van der Waals surface area contributed by atoms with Gasteiger partial charge in [-0.15, -0.1) is 0 Å². The summed E-state index contributed by atoms with van der Waals surface area (Å²) in [7, 11) is 3.31. The van der Waals surface area contributed by atoms with E-state index in [0.29, 0.717) is 38.6 Å². The van der Waals surface area contributed by atoms with Crippen molar-refractivity contribution in [1.29, 1.82) is 0 Å². The number of methoxy groups -OCH3 is 2. The number of nitrogens with one attached hydrogen (secondary N) is 1. The van der Waals surface area contributed by atoms with Gasteiger partial charge in [0.2, 0.25) is 0 Å². The van der Waals surface area contributed by atoms with Crippen LogP contribution >= 0.6 is 0 Å². The summed E-state index contributed by atoms with van der Waals surface area (Å²) in [4.78, 5) is 20.9. The summed E-state index contributed by atoms with van der Waals surface area (Å²) >= 11 is 0. The van der Waals surface area contributed by atoms with E-state index in [-0.39, 0.29) is 12.1 Å². The maximum Gasteiger partial charge on any atom is 0.320 e. The van der Waals surface area contributed by atoms with Crippen molar-refractivity contribution in [2.75, 3.05) is 47.1 Å². The number of morpholine rings is 1. The number of amides is 2. The zero-order chi connectivity index (χ0) is 22.1. The Kier molecular flexibility index (Phi) is 5.66. The number of hydrogen-bond donors (Lipinski definition) is 1. The molecule has 7 nitrogen and oxygen atoms in total. The molecule has 168 valence electrons. The average molecular weight is 436 g/mol. The standard InChI is InChI=1S/C25H29N3O4/c1-30-23-14-17-7-8-28(25(29)27-9-11-32-12-10-27)22(20(17)15-24(23)31-2)13-18-16-26-21-6-4-3-5-19(18)21/h3-6,14-16,22,26H,7-13H2,1-2H3/t22-/m0/s1. The minimum absolute atomic E-state index is 0.0820. The van der Waals surface area contributed by atoms with E-state index in [1.165, 1.54) is 16.5 Å². The second-order valence-electron chi connectivity index (χ2n) is 8.31. The van der Waals surface area contributed by atoms with Crippen molar-refractivity contribution in [3.8, 4) is 11.5 Å². The zero-order valence-electron chi connectivity index (χ0n) is 18.6. The van der Waals surface area contributed by atoms with Gasteiger partial charge in [0, 0.05) is 36.7 Å². The van der Waals surface area contributed by atoms with Crippen LogP contribution in [0.15, 0.2) is 42.6 Å². The van der Waals surface area contributed by atoms with Gasteiger partial charge in [-0.1, -0.05) is 18.2 Å². The van der Waals surface area contributed by atoms with Gasteiger partial charge >= 0.3 is 6.03 Å². The van der Waals surface area contributed by atoms with E-state index in [2.05, 4.69) is 35.4 Å². The number of nitrogens with zero attached hydrogens (tertiary/aromatic N) is 2. The molecule has 2 amide bonds. The Balaban J connectivity index is 1.56. The highest BCUT2D eigenvalue weighted by Crippen LogP contribution is 2.40. The van der Waals surface area contributed by atoms with Crippen LogP contribution in [0.25, 0.3) is 10.9 Å². The van der Waals surface area contributed by atoms with Crippen molar-refractivity contribution in [2.24, 2.45) is 0 Å². The molecular weight excluding hydrogens is 406 g/mol. The minimum Gasteiger partial charge on any atom is -0.493 e.